The smallest absolute Gasteiger partial charge is 0.180 e. The van der Waals surface area contributed by atoms with Gasteiger partial charge in [-0.15, -0.1) is 11.3 Å². The van der Waals surface area contributed by atoms with Crippen molar-refractivity contribution in [2.75, 3.05) is 5.32 Å². The predicted molar refractivity (Wildman–Crippen MR) is 86.5 cm³/mol. The topological polar surface area (TPSA) is 42.2 Å². The second-order valence-corrected chi connectivity index (χ2v) is 7.08. The zero-order valence-corrected chi connectivity index (χ0v) is 13.9. The average Bonchev–Trinajstić information content (AvgIpc) is 2.95. The van der Waals surface area contributed by atoms with Crippen molar-refractivity contribution in [3.63, 3.8) is 0 Å². The van der Waals surface area contributed by atoms with Crippen molar-refractivity contribution >= 4 is 38.7 Å². The maximum atomic E-state index is 4.50. The number of halogens is 1. The maximum absolute atomic E-state index is 4.50. The quantitative estimate of drug-likeness (QED) is 0.763. The van der Waals surface area contributed by atoms with Crippen LogP contribution in [0.1, 0.15) is 28.3 Å². The number of nitrogens with one attached hydrogen (secondary N) is 1. The molecule has 0 aliphatic rings. The van der Waals surface area contributed by atoms with Crippen LogP contribution >= 0.6 is 27.3 Å². The van der Waals surface area contributed by atoms with Crippen molar-refractivity contribution in [3.8, 4) is 0 Å². The highest BCUT2D eigenvalue weighted by Gasteiger charge is 2.14. The highest BCUT2D eigenvalue weighted by Crippen LogP contribution is 2.29. The molecule has 0 aliphatic carbocycles. The van der Waals surface area contributed by atoms with Crippen molar-refractivity contribution in [1.29, 1.82) is 0 Å². The summed E-state index contributed by atoms with van der Waals surface area (Å²) in [5.41, 5.74) is 2.16. The highest BCUT2D eigenvalue weighted by atomic mass is 79.9. The molecule has 0 bridgehead atoms. The second kappa shape index (κ2) is 5.18. The van der Waals surface area contributed by atoms with Crippen LogP contribution < -0.4 is 5.32 Å². The zero-order valence-electron chi connectivity index (χ0n) is 11.5. The minimum Gasteiger partial charge on any atom is -0.360 e. The summed E-state index contributed by atoms with van der Waals surface area (Å²) in [5.74, 6) is 0.792. The van der Waals surface area contributed by atoms with E-state index in [9.17, 15) is 0 Å². The number of hydrogen-bond acceptors (Lipinski definition) is 4. The molecule has 3 aromatic rings. The Hall–Kier alpha value is -1.40. The number of anilines is 1. The van der Waals surface area contributed by atoms with Crippen LogP contribution in [0.15, 0.2) is 29.3 Å². The molecule has 1 N–H and O–H groups in total. The van der Waals surface area contributed by atoms with E-state index in [1.807, 2.05) is 28.1 Å². The van der Waals surface area contributed by atoms with Gasteiger partial charge in [-0.25, -0.2) is 9.97 Å². The number of nitrogens with zero attached hydrogens (tertiary/aromatic N) is 3. The lowest BCUT2D eigenvalue weighted by Crippen LogP contribution is -2.09. The third-order valence-corrected chi connectivity index (χ3v) is 4.61. The summed E-state index contributed by atoms with van der Waals surface area (Å²) in [6, 6.07) is 2.43. The Kier molecular flexibility index (Phi) is 3.52. The van der Waals surface area contributed by atoms with Gasteiger partial charge in [0.05, 0.1) is 6.04 Å². The summed E-state index contributed by atoms with van der Waals surface area (Å²) < 4.78 is 2.74. The van der Waals surface area contributed by atoms with Crippen LogP contribution in [0.25, 0.3) is 5.65 Å². The number of fused-ring (bicyclic) bond motifs is 1. The number of aromatic nitrogens is 3. The first-order chi connectivity index (χ1) is 9.54. The summed E-state index contributed by atoms with van der Waals surface area (Å²) in [5, 5.41) is 3.46. The predicted octanol–water partition coefficient (Wildman–Crippen LogP) is 4.34. The van der Waals surface area contributed by atoms with Crippen molar-refractivity contribution in [2.45, 2.75) is 26.8 Å². The van der Waals surface area contributed by atoms with Crippen LogP contribution in [0.3, 0.4) is 0 Å². The van der Waals surface area contributed by atoms with E-state index in [2.05, 4.69) is 58.1 Å². The Morgan fingerprint density at radius 1 is 1.40 bits per heavy atom. The molecule has 0 radical (unpaired) electrons. The van der Waals surface area contributed by atoms with Crippen LogP contribution in [0.4, 0.5) is 5.82 Å². The molecular weight excluding hydrogens is 336 g/mol. The molecule has 0 saturated carbocycles. The Labute approximate surface area is 130 Å². The van der Waals surface area contributed by atoms with E-state index in [1.54, 1.807) is 6.20 Å². The van der Waals surface area contributed by atoms with Gasteiger partial charge in [0.15, 0.2) is 11.5 Å². The fraction of sp³-hybridized carbons (Fsp3) is 0.286. The molecule has 1 atom stereocenters. The fourth-order valence-corrected chi connectivity index (χ4v) is 3.78. The molecule has 4 nitrogen and oxygen atoms in total. The van der Waals surface area contributed by atoms with Crippen LogP contribution in [0.5, 0.6) is 0 Å². The van der Waals surface area contributed by atoms with Gasteiger partial charge < -0.3 is 9.72 Å². The van der Waals surface area contributed by atoms with Gasteiger partial charge in [0.1, 0.15) is 4.60 Å². The average molecular weight is 351 g/mol. The van der Waals surface area contributed by atoms with Gasteiger partial charge in [-0.3, -0.25) is 0 Å². The lowest BCUT2D eigenvalue weighted by atomic mass is 10.1. The fourth-order valence-electron chi connectivity index (χ4n) is 2.36. The van der Waals surface area contributed by atoms with E-state index in [0.717, 1.165) is 16.1 Å². The molecule has 104 valence electrons. The summed E-state index contributed by atoms with van der Waals surface area (Å²) in [7, 11) is 0. The highest BCUT2D eigenvalue weighted by molar-refractivity contribution is 9.10. The first-order valence-electron chi connectivity index (χ1n) is 6.37. The van der Waals surface area contributed by atoms with Gasteiger partial charge in [-0.05, 0) is 48.3 Å². The monoisotopic (exact) mass is 350 g/mol. The molecule has 0 amide bonds. The number of thiophene rings is 1. The van der Waals surface area contributed by atoms with Gasteiger partial charge in [-0.1, -0.05) is 0 Å². The summed E-state index contributed by atoms with van der Waals surface area (Å²) >= 11 is 5.26. The summed E-state index contributed by atoms with van der Waals surface area (Å²) in [6.07, 6.45) is 5.59. The summed E-state index contributed by atoms with van der Waals surface area (Å²) in [4.78, 5) is 11.5. The first kappa shape index (κ1) is 13.6. The lowest BCUT2D eigenvalue weighted by Gasteiger charge is -2.15. The molecule has 1 unspecified atom stereocenters. The van der Waals surface area contributed by atoms with Gasteiger partial charge >= 0.3 is 0 Å². The van der Waals surface area contributed by atoms with E-state index in [1.165, 1.54) is 15.3 Å². The molecule has 0 fully saturated rings. The van der Waals surface area contributed by atoms with E-state index in [-0.39, 0.29) is 6.04 Å². The van der Waals surface area contributed by atoms with Crippen molar-refractivity contribution in [3.05, 3.63) is 44.6 Å². The van der Waals surface area contributed by atoms with Gasteiger partial charge in [-0.2, -0.15) is 0 Å². The Morgan fingerprint density at radius 2 is 2.20 bits per heavy atom. The van der Waals surface area contributed by atoms with Crippen LogP contribution in [0, 0.1) is 13.8 Å². The minimum absolute atomic E-state index is 0.197. The van der Waals surface area contributed by atoms with Crippen LogP contribution in [-0.2, 0) is 0 Å². The zero-order chi connectivity index (χ0) is 14.3. The maximum Gasteiger partial charge on any atom is 0.180 e. The third kappa shape index (κ3) is 2.45. The van der Waals surface area contributed by atoms with E-state index >= 15 is 0 Å². The first-order valence-corrected chi connectivity index (χ1v) is 7.98. The number of imidazole rings is 1. The van der Waals surface area contributed by atoms with E-state index in [0.29, 0.717) is 0 Å². The Morgan fingerprint density at radius 3 is 2.90 bits per heavy atom. The number of hydrogen-bond donors (Lipinski definition) is 1. The molecule has 6 heteroatoms. The number of aryl methyl sites for hydroxylation is 2. The molecule has 3 heterocycles. The molecule has 0 saturated heterocycles. The Balaban J connectivity index is 1.96. The van der Waals surface area contributed by atoms with Gasteiger partial charge in [0.25, 0.3) is 0 Å². The molecule has 0 aromatic carbocycles. The van der Waals surface area contributed by atoms with Crippen molar-refractivity contribution in [2.24, 2.45) is 0 Å². The van der Waals surface area contributed by atoms with E-state index < -0.39 is 0 Å². The van der Waals surface area contributed by atoms with Crippen LogP contribution in [-0.4, -0.2) is 14.4 Å². The van der Waals surface area contributed by atoms with Gasteiger partial charge in [0.2, 0.25) is 0 Å². The van der Waals surface area contributed by atoms with E-state index in [4.69, 9.17) is 0 Å². The molecule has 3 rings (SSSR count). The third-order valence-electron chi connectivity index (χ3n) is 3.24. The second-order valence-electron chi connectivity index (χ2n) is 4.80. The van der Waals surface area contributed by atoms with Crippen LogP contribution in [0.2, 0.25) is 0 Å². The normalized spacial score (nSPS) is 12.8. The molecule has 0 spiro atoms. The summed E-state index contributed by atoms with van der Waals surface area (Å²) in [6.45, 7) is 6.44. The Bertz CT molecular complexity index is 762. The van der Waals surface area contributed by atoms with Gasteiger partial charge in [0, 0.05) is 28.3 Å². The minimum atomic E-state index is 0.197. The molecule has 0 aliphatic heterocycles. The molecule has 20 heavy (non-hydrogen) atoms. The SMILES string of the molecule is Cc1cc(C(C)Nc2nc(Br)cn3ccnc23)c(C)s1. The van der Waals surface area contributed by atoms with Crippen molar-refractivity contribution in [1.82, 2.24) is 14.4 Å². The standard InChI is InChI=1S/C14H15BrN4S/c1-8-6-11(10(3)20-8)9(2)17-13-14-16-4-5-19(14)7-12(15)18-13/h4-7,9H,1-3H3,(H,17,18). The molecule has 3 aromatic heterocycles. The molecular formula is C14H15BrN4S. The largest absolute Gasteiger partial charge is 0.360 e. The lowest BCUT2D eigenvalue weighted by molar-refractivity contribution is 0.868. The van der Waals surface area contributed by atoms with Crippen molar-refractivity contribution < 1.29 is 0 Å². The number of rotatable bonds is 3.